The standard InChI is InChI=1S/C17H19N3O6S/c1-11-4-6-13(7-5-11)27(23,24)15-14-10-20(17(22)26-3)19(16(21)25-2)9-12(14)8-18-15/h4-8,18H,9-10H2,1-3H3. The number of methoxy groups -OCH3 is 2. The number of fused-ring (bicyclic) bond motifs is 1. The van der Waals surface area contributed by atoms with Gasteiger partial charge in [-0.15, -0.1) is 0 Å². The Kier molecular flexibility index (Phi) is 4.83. The number of hydrazine groups is 1. The molecule has 1 N–H and O–H groups in total. The summed E-state index contributed by atoms with van der Waals surface area (Å²) in [6.45, 7) is 1.68. The zero-order valence-corrected chi connectivity index (χ0v) is 15.9. The third kappa shape index (κ3) is 3.23. The van der Waals surface area contributed by atoms with Crippen molar-refractivity contribution in [2.24, 2.45) is 0 Å². The Morgan fingerprint density at radius 2 is 1.56 bits per heavy atom. The molecule has 0 saturated carbocycles. The number of aryl methyl sites for hydroxylation is 1. The highest BCUT2D eigenvalue weighted by molar-refractivity contribution is 7.91. The Hall–Kier alpha value is -3.01. The number of aromatic amines is 1. The van der Waals surface area contributed by atoms with Crippen LogP contribution in [0.5, 0.6) is 0 Å². The first kappa shape index (κ1) is 18.8. The molecule has 0 saturated heterocycles. The molecule has 2 amide bonds. The molecule has 0 atom stereocenters. The van der Waals surface area contributed by atoms with Crippen LogP contribution >= 0.6 is 0 Å². The van der Waals surface area contributed by atoms with Gasteiger partial charge < -0.3 is 14.5 Å². The molecule has 10 heteroatoms. The number of rotatable bonds is 2. The summed E-state index contributed by atoms with van der Waals surface area (Å²) < 4.78 is 35.4. The first-order valence-electron chi connectivity index (χ1n) is 8.01. The highest BCUT2D eigenvalue weighted by Crippen LogP contribution is 2.31. The molecule has 0 fully saturated rings. The lowest BCUT2D eigenvalue weighted by atomic mass is 10.1. The number of sulfone groups is 1. The fourth-order valence-electron chi connectivity index (χ4n) is 2.88. The number of nitrogens with one attached hydrogen (secondary N) is 1. The van der Waals surface area contributed by atoms with E-state index in [1.807, 2.05) is 6.92 Å². The zero-order chi connectivity index (χ0) is 19.8. The van der Waals surface area contributed by atoms with Gasteiger partial charge in [0.05, 0.1) is 32.2 Å². The molecule has 0 spiro atoms. The maximum absolute atomic E-state index is 13.0. The molecule has 3 rings (SSSR count). The number of H-pyrrole nitrogens is 1. The fourth-order valence-corrected chi connectivity index (χ4v) is 4.35. The van der Waals surface area contributed by atoms with Crippen molar-refractivity contribution in [1.82, 2.24) is 15.0 Å². The molecule has 27 heavy (non-hydrogen) atoms. The Bertz CT molecular complexity index is 981. The Labute approximate surface area is 156 Å². The molecular weight excluding hydrogens is 374 g/mol. The van der Waals surface area contributed by atoms with Crippen LogP contribution in [0.1, 0.15) is 16.7 Å². The Balaban J connectivity index is 2.05. The van der Waals surface area contributed by atoms with Crippen LogP contribution in [-0.2, 0) is 32.4 Å². The highest BCUT2D eigenvalue weighted by atomic mass is 32.2. The minimum absolute atomic E-state index is 0.0141. The number of carbonyl (C=O) groups is 2. The topological polar surface area (TPSA) is 109 Å². The summed E-state index contributed by atoms with van der Waals surface area (Å²) in [6, 6.07) is 6.48. The number of aromatic nitrogens is 1. The summed E-state index contributed by atoms with van der Waals surface area (Å²) in [6.07, 6.45) is -0.0397. The van der Waals surface area contributed by atoms with Gasteiger partial charge in [-0.3, -0.25) is 0 Å². The van der Waals surface area contributed by atoms with Crippen molar-refractivity contribution in [3.8, 4) is 0 Å². The second kappa shape index (κ2) is 6.95. The average Bonchev–Trinajstić information content (AvgIpc) is 3.09. The summed E-state index contributed by atoms with van der Waals surface area (Å²) in [5.74, 6) is 0. The number of benzene rings is 1. The van der Waals surface area contributed by atoms with E-state index in [9.17, 15) is 18.0 Å². The van der Waals surface area contributed by atoms with Gasteiger partial charge in [-0.2, -0.15) is 0 Å². The summed E-state index contributed by atoms with van der Waals surface area (Å²) >= 11 is 0. The molecule has 0 radical (unpaired) electrons. The Morgan fingerprint density at radius 1 is 1.00 bits per heavy atom. The van der Waals surface area contributed by atoms with E-state index in [2.05, 4.69) is 4.98 Å². The van der Waals surface area contributed by atoms with Gasteiger partial charge in [0.1, 0.15) is 5.03 Å². The number of amides is 2. The first-order valence-corrected chi connectivity index (χ1v) is 9.49. The van der Waals surface area contributed by atoms with Gasteiger partial charge in [-0.25, -0.2) is 28.0 Å². The van der Waals surface area contributed by atoms with E-state index >= 15 is 0 Å². The summed E-state index contributed by atoms with van der Waals surface area (Å²) in [7, 11) is -1.45. The molecule has 2 aromatic rings. The molecule has 9 nitrogen and oxygen atoms in total. The molecule has 0 unspecified atom stereocenters. The van der Waals surface area contributed by atoms with Crippen LogP contribution in [0.15, 0.2) is 40.4 Å². The van der Waals surface area contributed by atoms with E-state index in [4.69, 9.17) is 9.47 Å². The summed E-state index contributed by atoms with van der Waals surface area (Å²) in [5.41, 5.74) is 1.92. The van der Waals surface area contributed by atoms with Crippen molar-refractivity contribution in [2.75, 3.05) is 14.2 Å². The summed E-state index contributed by atoms with van der Waals surface area (Å²) in [5, 5.41) is 2.06. The number of nitrogens with zero attached hydrogens (tertiary/aromatic N) is 2. The van der Waals surface area contributed by atoms with Crippen LogP contribution in [0.3, 0.4) is 0 Å². The molecule has 1 aromatic heterocycles. The van der Waals surface area contributed by atoms with E-state index in [0.29, 0.717) is 11.1 Å². The minimum Gasteiger partial charge on any atom is -0.452 e. The van der Waals surface area contributed by atoms with Crippen molar-refractivity contribution in [1.29, 1.82) is 0 Å². The molecule has 1 aromatic carbocycles. The van der Waals surface area contributed by atoms with Crippen molar-refractivity contribution >= 4 is 22.0 Å². The van der Waals surface area contributed by atoms with Crippen LogP contribution in [0, 0.1) is 6.92 Å². The van der Waals surface area contributed by atoms with Gasteiger partial charge in [-0.1, -0.05) is 17.7 Å². The van der Waals surface area contributed by atoms with E-state index in [1.165, 1.54) is 32.5 Å². The maximum Gasteiger partial charge on any atom is 0.429 e. The number of hydrogen-bond donors (Lipinski definition) is 1. The predicted molar refractivity (Wildman–Crippen MR) is 93.3 cm³/mol. The third-order valence-corrected chi connectivity index (χ3v) is 6.12. The van der Waals surface area contributed by atoms with Crippen molar-refractivity contribution in [3.05, 3.63) is 47.2 Å². The first-order chi connectivity index (χ1) is 12.8. The van der Waals surface area contributed by atoms with Crippen LogP contribution < -0.4 is 0 Å². The molecule has 1 aliphatic heterocycles. The van der Waals surface area contributed by atoms with Crippen molar-refractivity contribution in [2.45, 2.75) is 29.9 Å². The lowest BCUT2D eigenvalue weighted by Crippen LogP contribution is -2.51. The lowest BCUT2D eigenvalue weighted by molar-refractivity contribution is -0.0292. The van der Waals surface area contributed by atoms with E-state index in [1.54, 1.807) is 12.1 Å². The molecule has 2 heterocycles. The van der Waals surface area contributed by atoms with Crippen molar-refractivity contribution in [3.63, 3.8) is 0 Å². The van der Waals surface area contributed by atoms with Crippen LogP contribution in [0.25, 0.3) is 0 Å². The van der Waals surface area contributed by atoms with Gasteiger partial charge >= 0.3 is 12.2 Å². The third-order valence-electron chi connectivity index (χ3n) is 4.33. The largest absolute Gasteiger partial charge is 0.452 e. The van der Waals surface area contributed by atoms with Gasteiger partial charge in [0.15, 0.2) is 0 Å². The second-order valence-corrected chi connectivity index (χ2v) is 7.88. The lowest BCUT2D eigenvalue weighted by Gasteiger charge is -2.36. The van der Waals surface area contributed by atoms with Gasteiger partial charge in [0, 0.05) is 11.8 Å². The summed E-state index contributed by atoms with van der Waals surface area (Å²) in [4.78, 5) is 27.0. The average molecular weight is 393 g/mol. The quantitative estimate of drug-likeness (QED) is 0.838. The predicted octanol–water partition coefficient (Wildman–Crippen LogP) is 2.22. The number of ether oxygens (including phenoxy) is 2. The van der Waals surface area contributed by atoms with Crippen LogP contribution in [0.4, 0.5) is 9.59 Å². The smallest absolute Gasteiger partial charge is 0.429 e. The second-order valence-electron chi connectivity index (χ2n) is 5.99. The highest BCUT2D eigenvalue weighted by Gasteiger charge is 2.37. The molecular formula is C17H19N3O6S. The minimum atomic E-state index is -3.82. The van der Waals surface area contributed by atoms with E-state index in [0.717, 1.165) is 15.6 Å². The SMILES string of the molecule is COC(=O)N1Cc2c[nH]c(S(=O)(=O)c3ccc(C)cc3)c2CN1C(=O)OC. The fraction of sp³-hybridized carbons (Fsp3) is 0.294. The van der Waals surface area contributed by atoms with Gasteiger partial charge in [-0.05, 0) is 24.6 Å². The van der Waals surface area contributed by atoms with E-state index in [-0.39, 0.29) is 23.0 Å². The zero-order valence-electron chi connectivity index (χ0n) is 15.1. The molecule has 1 aliphatic rings. The normalized spacial score (nSPS) is 13.9. The molecule has 0 bridgehead atoms. The number of hydrogen-bond acceptors (Lipinski definition) is 6. The van der Waals surface area contributed by atoms with Crippen molar-refractivity contribution < 1.29 is 27.5 Å². The van der Waals surface area contributed by atoms with E-state index < -0.39 is 22.0 Å². The van der Waals surface area contributed by atoms with Gasteiger partial charge in [0.2, 0.25) is 9.84 Å². The maximum atomic E-state index is 13.0. The molecule has 144 valence electrons. The Morgan fingerprint density at radius 3 is 2.11 bits per heavy atom. The number of carbonyl (C=O) groups excluding carboxylic acids is 2. The monoisotopic (exact) mass is 393 g/mol. The van der Waals surface area contributed by atoms with Crippen LogP contribution in [0.2, 0.25) is 0 Å². The molecule has 0 aliphatic carbocycles. The van der Waals surface area contributed by atoms with Gasteiger partial charge in [0.25, 0.3) is 0 Å². The van der Waals surface area contributed by atoms with Crippen LogP contribution in [-0.4, -0.2) is 49.8 Å².